The van der Waals surface area contributed by atoms with Crippen molar-refractivity contribution in [2.24, 2.45) is 0 Å². The van der Waals surface area contributed by atoms with E-state index in [4.69, 9.17) is 4.74 Å². The van der Waals surface area contributed by atoms with Crippen LogP contribution >= 0.6 is 15.9 Å². The molecule has 1 aromatic carbocycles. The summed E-state index contributed by atoms with van der Waals surface area (Å²) in [5, 5.41) is 12.6. The molecule has 0 saturated carbocycles. The molecule has 21 heavy (non-hydrogen) atoms. The Balaban J connectivity index is 2.18. The van der Waals surface area contributed by atoms with Gasteiger partial charge in [0.15, 0.2) is 5.78 Å². The summed E-state index contributed by atoms with van der Waals surface area (Å²) in [6.45, 7) is 0.357. The first-order valence-corrected chi connectivity index (χ1v) is 7.79. The second-order valence-corrected chi connectivity index (χ2v) is 5.42. The number of aromatic nitrogens is 2. The maximum absolute atomic E-state index is 12.1. The number of carbonyl (C=O) groups is 1. The summed E-state index contributed by atoms with van der Waals surface area (Å²) in [5.74, 6) is 0.743. The molecule has 0 unspecified atom stereocenters. The summed E-state index contributed by atoms with van der Waals surface area (Å²) in [5.41, 5.74) is 1.38. The number of hydrogen-bond acceptors (Lipinski definition) is 3. The van der Waals surface area contributed by atoms with Crippen LogP contribution in [0.3, 0.4) is 0 Å². The predicted octanol–water partition coefficient (Wildman–Crippen LogP) is 2.54. The van der Waals surface area contributed by atoms with Gasteiger partial charge in [-0.1, -0.05) is 32.9 Å². The average molecular weight is 353 g/mol. The fourth-order valence-corrected chi connectivity index (χ4v) is 2.34. The van der Waals surface area contributed by atoms with Gasteiger partial charge in [-0.15, -0.1) is 4.68 Å². The van der Waals surface area contributed by atoms with Crippen molar-refractivity contribution >= 4 is 21.7 Å². The molecule has 112 valence electrons. The minimum absolute atomic E-state index is 0.0161. The molecule has 5 nitrogen and oxygen atoms in total. The molecule has 0 radical (unpaired) electrons. The first kappa shape index (κ1) is 15.6. The number of carbonyl (C=O) groups excluding carboxylic acids is 1. The lowest BCUT2D eigenvalue weighted by Crippen LogP contribution is -2.38. The second-order valence-electron chi connectivity index (χ2n) is 4.62. The molecule has 0 fully saturated rings. The van der Waals surface area contributed by atoms with Gasteiger partial charge < -0.3 is 9.94 Å². The van der Waals surface area contributed by atoms with E-state index in [-0.39, 0.29) is 5.78 Å². The Hall–Kier alpha value is -1.82. The molecule has 1 aromatic heterocycles. The molecule has 6 heteroatoms. The van der Waals surface area contributed by atoms with Crippen LogP contribution in [-0.4, -0.2) is 22.9 Å². The van der Waals surface area contributed by atoms with Crippen molar-refractivity contribution < 1.29 is 14.4 Å². The van der Waals surface area contributed by atoms with Gasteiger partial charge in [0.2, 0.25) is 6.20 Å². The maximum atomic E-state index is 12.1. The number of ether oxygens (including phenoxy) is 1. The number of nitrogens with zero attached hydrogens (tertiary/aromatic N) is 2. The highest BCUT2D eigenvalue weighted by Gasteiger charge is 2.17. The topological polar surface area (TPSA) is 58.2 Å². The number of benzene rings is 1. The number of ketones is 1. The van der Waals surface area contributed by atoms with E-state index < -0.39 is 0 Å². The van der Waals surface area contributed by atoms with Gasteiger partial charge in [0.25, 0.3) is 0 Å². The van der Waals surface area contributed by atoms with Crippen LogP contribution in [0.1, 0.15) is 28.9 Å². The largest absolute Gasteiger partial charge is 0.596 e. The molecule has 0 aliphatic rings. The van der Waals surface area contributed by atoms with Gasteiger partial charge in [0.1, 0.15) is 18.0 Å². The Morgan fingerprint density at radius 3 is 2.67 bits per heavy atom. The summed E-state index contributed by atoms with van der Waals surface area (Å²) < 4.78 is 6.54. The zero-order chi connectivity index (χ0) is 15.2. The van der Waals surface area contributed by atoms with Gasteiger partial charge >= 0.3 is 0 Å². The van der Waals surface area contributed by atoms with Crippen LogP contribution < -0.4 is 9.58 Å². The van der Waals surface area contributed by atoms with Crippen molar-refractivity contribution in [3.63, 3.8) is 0 Å². The van der Waals surface area contributed by atoms with E-state index in [1.54, 1.807) is 13.2 Å². The number of halogens is 1. The molecular weight excluding hydrogens is 336 g/mol. The summed E-state index contributed by atoms with van der Waals surface area (Å²) in [6.07, 6.45) is 2.55. The fraction of sp³-hybridized carbons (Fsp3) is 0.333. The first-order chi connectivity index (χ1) is 10.2. The first-order valence-electron chi connectivity index (χ1n) is 6.66. The van der Waals surface area contributed by atoms with Gasteiger partial charge in [0.05, 0.1) is 7.11 Å². The van der Waals surface area contributed by atoms with E-state index in [1.807, 2.05) is 24.3 Å². The Kier molecular flexibility index (Phi) is 5.38. The normalized spacial score (nSPS) is 10.6. The lowest BCUT2D eigenvalue weighted by atomic mass is 10.1. The molecule has 0 aliphatic carbocycles. The minimum Gasteiger partial charge on any atom is -0.596 e. The summed E-state index contributed by atoms with van der Waals surface area (Å²) in [4.78, 5) is 12.8. The lowest BCUT2D eigenvalue weighted by Gasteiger charge is -2.08. The molecule has 2 rings (SSSR count). The van der Waals surface area contributed by atoms with Crippen LogP contribution in [0, 0.1) is 5.21 Å². The third-order valence-electron chi connectivity index (χ3n) is 3.19. The summed E-state index contributed by atoms with van der Waals surface area (Å²) in [6, 6.07) is 9.00. The van der Waals surface area contributed by atoms with Gasteiger partial charge in [-0.05, 0) is 24.1 Å². The van der Waals surface area contributed by atoms with Crippen molar-refractivity contribution in [1.29, 1.82) is 0 Å². The highest BCUT2D eigenvalue weighted by molar-refractivity contribution is 9.09. The van der Waals surface area contributed by atoms with Crippen LogP contribution in [0.15, 0.2) is 36.5 Å². The Morgan fingerprint density at radius 2 is 2.05 bits per heavy atom. The van der Waals surface area contributed by atoms with Crippen molar-refractivity contribution in [2.75, 3.05) is 12.4 Å². The number of Topliss-reactive ketones (excluding diaryl/α,β-unsaturated/α-hetero) is 1. The van der Waals surface area contributed by atoms with Crippen LogP contribution in [0.5, 0.6) is 5.75 Å². The molecule has 0 saturated heterocycles. The molecular formula is C15H17BrN2O3. The second kappa shape index (κ2) is 7.26. The molecule has 0 aliphatic heterocycles. The standard InChI is InChI=1S/C15H17BrN2O3/c1-21-13-6-4-12(5-7-13)11-17-14(8-10-18(17)20)15(19)3-2-9-16/h4-8,10H,2-3,9,11H2,1H3. The zero-order valence-corrected chi connectivity index (χ0v) is 13.4. The number of rotatable bonds is 7. The Labute approximate surface area is 131 Å². The molecule has 0 bridgehead atoms. The maximum Gasteiger partial charge on any atom is 0.209 e. The van der Waals surface area contributed by atoms with E-state index in [9.17, 15) is 10.0 Å². The van der Waals surface area contributed by atoms with Crippen LogP contribution in [0.4, 0.5) is 0 Å². The molecule has 0 atom stereocenters. The van der Waals surface area contributed by atoms with Crippen LogP contribution in [-0.2, 0) is 6.54 Å². The van der Waals surface area contributed by atoms with Gasteiger partial charge in [-0.25, -0.2) is 0 Å². The third kappa shape index (κ3) is 3.85. The van der Waals surface area contributed by atoms with Crippen molar-refractivity contribution in [2.45, 2.75) is 19.4 Å². The Bertz CT molecular complexity index is 608. The molecule has 0 N–H and O–H groups in total. The summed E-state index contributed by atoms with van der Waals surface area (Å²) >= 11 is 3.30. The van der Waals surface area contributed by atoms with Crippen molar-refractivity contribution in [3.05, 3.63) is 53.0 Å². The molecule has 2 aromatic rings. The number of methoxy groups -OCH3 is 1. The average Bonchev–Trinajstić information content (AvgIpc) is 2.87. The van der Waals surface area contributed by atoms with E-state index in [1.165, 1.54) is 10.9 Å². The van der Waals surface area contributed by atoms with E-state index in [0.29, 0.717) is 23.5 Å². The SMILES string of the molecule is COc1ccc(Cn2c(C(=O)CCCBr)cc[n+]2[O-])cc1. The third-order valence-corrected chi connectivity index (χ3v) is 3.75. The highest BCUT2D eigenvalue weighted by atomic mass is 79.9. The zero-order valence-electron chi connectivity index (χ0n) is 11.8. The van der Waals surface area contributed by atoms with E-state index in [2.05, 4.69) is 15.9 Å². The quantitative estimate of drug-likeness (QED) is 0.333. The van der Waals surface area contributed by atoms with Crippen molar-refractivity contribution in [3.8, 4) is 5.75 Å². The van der Waals surface area contributed by atoms with E-state index >= 15 is 0 Å². The van der Waals surface area contributed by atoms with Gasteiger partial charge in [-0.2, -0.15) is 0 Å². The number of alkyl halides is 1. The van der Waals surface area contributed by atoms with Gasteiger partial charge in [-0.3, -0.25) is 4.79 Å². The molecule has 0 spiro atoms. The van der Waals surface area contributed by atoms with E-state index in [0.717, 1.165) is 23.1 Å². The lowest BCUT2D eigenvalue weighted by molar-refractivity contribution is -0.693. The smallest absolute Gasteiger partial charge is 0.209 e. The van der Waals surface area contributed by atoms with Crippen LogP contribution in [0.25, 0.3) is 0 Å². The highest BCUT2D eigenvalue weighted by Crippen LogP contribution is 2.13. The van der Waals surface area contributed by atoms with Gasteiger partial charge in [0, 0.05) is 17.8 Å². The van der Waals surface area contributed by atoms with Crippen molar-refractivity contribution in [1.82, 2.24) is 4.68 Å². The summed E-state index contributed by atoms with van der Waals surface area (Å²) in [7, 11) is 1.60. The predicted molar refractivity (Wildman–Crippen MR) is 82.8 cm³/mol. The van der Waals surface area contributed by atoms with Crippen LogP contribution in [0.2, 0.25) is 0 Å². The Morgan fingerprint density at radius 1 is 1.33 bits per heavy atom. The molecule has 0 amide bonds. The monoisotopic (exact) mass is 352 g/mol. The minimum atomic E-state index is -0.0161. The number of hydrogen-bond donors (Lipinski definition) is 0. The fourth-order valence-electron chi connectivity index (χ4n) is 2.06. The molecule has 1 heterocycles.